The summed E-state index contributed by atoms with van der Waals surface area (Å²) in [5, 5.41) is 7.62. The first kappa shape index (κ1) is 15.9. The molecule has 0 unspecified atom stereocenters. The van der Waals surface area contributed by atoms with Crippen molar-refractivity contribution in [2.75, 3.05) is 13.6 Å². The van der Waals surface area contributed by atoms with Gasteiger partial charge in [-0.2, -0.15) is 0 Å². The summed E-state index contributed by atoms with van der Waals surface area (Å²) in [4.78, 5) is 4.31. The molecule has 1 aromatic carbocycles. The molecule has 1 heterocycles. The van der Waals surface area contributed by atoms with Gasteiger partial charge < -0.3 is 15.2 Å². The van der Waals surface area contributed by atoms with Gasteiger partial charge in [-0.05, 0) is 42.2 Å². The van der Waals surface area contributed by atoms with Crippen molar-refractivity contribution in [3.8, 4) is 0 Å². The van der Waals surface area contributed by atoms with Crippen LogP contribution in [0.25, 0.3) is 0 Å². The lowest BCUT2D eigenvalue weighted by Crippen LogP contribution is -2.40. The van der Waals surface area contributed by atoms with Crippen molar-refractivity contribution in [2.45, 2.75) is 24.8 Å². The van der Waals surface area contributed by atoms with E-state index in [0.717, 1.165) is 24.1 Å². The topological polar surface area (TPSA) is 41.4 Å². The number of hydrogen-bond acceptors (Lipinski definition) is 1. The molecule has 0 spiro atoms. The Labute approximate surface area is 142 Å². The fourth-order valence-corrected chi connectivity index (χ4v) is 3.05. The summed E-state index contributed by atoms with van der Waals surface area (Å²) in [7, 11) is 3.83. The van der Waals surface area contributed by atoms with Gasteiger partial charge in [0.25, 0.3) is 0 Å². The molecule has 4 nitrogen and oxygen atoms in total. The van der Waals surface area contributed by atoms with Crippen molar-refractivity contribution in [1.29, 1.82) is 0 Å². The molecule has 1 aliphatic rings. The fraction of sp³-hybridized carbons (Fsp3) is 0.389. The Hall–Kier alpha value is -1.94. The first-order valence-electron chi connectivity index (χ1n) is 7.93. The zero-order valence-corrected chi connectivity index (χ0v) is 14.4. The first-order valence-corrected chi connectivity index (χ1v) is 8.30. The number of nitrogens with zero attached hydrogens (tertiary/aromatic N) is 2. The maximum atomic E-state index is 6.13. The van der Waals surface area contributed by atoms with Crippen LogP contribution in [0.15, 0.2) is 47.7 Å². The van der Waals surface area contributed by atoms with E-state index >= 15 is 0 Å². The molecule has 3 rings (SSSR count). The Morgan fingerprint density at radius 2 is 2.13 bits per heavy atom. The van der Waals surface area contributed by atoms with Crippen LogP contribution in [0.3, 0.4) is 0 Å². The Kier molecular flexibility index (Phi) is 4.62. The molecule has 2 N–H and O–H groups in total. The molecule has 5 heteroatoms. The van der Waals surface area contributed by atoms with E-state index in [1.165, 1.54) is 24.0 Å². The second-order valence-electron chi connectivity index (χ2n) is 6.26. The number of aliphatic imine (C=N–C) groups is 1. The highest BCUT2D eigenvalue weighted by atomic mass is 35.5. The molecule has 0 atom stereocenters. The third-order valence-electron chi connectivity index (χ3n) is 4.46. The second kappa shape index (κ2) is 6.67. The number of benzene rings is 1. The van der Waals surface area contributed by atoms with Gasteiger partial charge in [-0.15, -0.1) is 0 Å². The summed E-state index contributed by atoms with van der Waals surface area (Å²) in [5.74, 6) is 0.835. The Bertz CT molecular complexity index is 701. The largest absolute Gasteiger partial charge is 0.357 e. The predicted molar refractivity (Wildman–Crippen MR) is 96.0 cm³/mol. The van der Waals surface area contributed by atoms with Crippen molar-refractivity contribution in [3.05, 3.63) is 58.9 Å². The zero-order valence-electron chi connectivity index (χ0n) is 13.6. The van der Waals surface area contributed by atoms with E-state index in [9.17, 15) is 0 Å². The minimum Gasteiger partial charge on any atom is -0.357 e. The summed E-state index contributed by atoms with van der Waals surface area (Å²) < 4.78 is 2.05. The van der Waals surface area contributed by atoms with Crippen molar-refractivity contribution in [3.63, 3.8) is 0 Å². The number of hydrogen-bond donors (Lipinski definition) is 2. The van der Waals surface area contributed by atoms with Crippen LogP contribution in [-0.2, 0) is 19.0 Å². The Morgan fingerprint density at radius 1 is 1.30 bits per heavy atom. The van der Waals surface area contributed by atoms with Gasteiger partial charge in [0.2, 0.25) is 0 Å². The third-order valence-corrected chi connectivity index (χ3v) is 4.70. The third kappa shape index (κ3) is 3.88. The molecule has 1 saturated carbocycles. The summed E-state index contributed by atoms with van der Waals surface area (Å²) in [6.07, 6.45) is 6.53. The zero-order chi connectivity index (χ0) is 16.3. The van der Waals surface area contributed by atoms with Crippen LogP contribution in [0.2, 0.25) is 5.02 Å². The molecule has 2 aromatic rings. The standard InChI is InChI=1S/C18H23ClN4/c1-20-17(21-11-14-6-9-23(2)12-14)22-13-18(7-8-18)15-4-3-5-16(19)10-15/h3-6,9-10,12H,7-8,11,13H2,1-2H3,(H2,20,21,22). The predicted octanol–water partition coefficient (Wildman–Crippen LogP) is 3.08. The molecular formula is C18H23ClN4. The summed E-state index contributed by atoms with van der Waals surface area (Å²) in [6.45, 7) is 1.65. The van der Waals surface area contributed by atoms with Gasteiger partial charge >= 0.3 is 0 Å². The fourth-order valence-electron chi connectivity index (χ4n) is 2.86. The molecule has 0 amide bonds. The molecule has 0 aliphatic heterocycles. The van der Waals surface area contributed by atoms with Gasteiger partial charge in [0.15, 0.2) is 5.96 Å². The molecule has 0 bridgehead atoms. The minimum absolute atomic E-state index is 0.204. The van der Waals surface area contributed by atoms with Gasteiger partial charge in [-0.1, -0.05) is 23.7 Å². The average molecular weight is 331 g/mol. The quantitative estimate of drug-likeness (QED) is 0.653. The number of guanidine groups is 1. The van der Waals surface area contributed by atoms with Crippen LogP contribution in [0.1, 0.15) is 24.0 Å². The van der Waals surface area contributed by atoms with E-state index in [-0.39, 0.29) is 5.41 Å². The van der Waals surface area contributed by atoms with Crippen LogP contribution in [0.4, 0.5) is 0 Å². The maximum absolute atomic E-state index is 6.13. The molecule has 0 radical (unpaired) electrons. The highest BCUT2D eigenvalue weighted by Crippen LogP contribution is 2.48. The highest BCUT2D eigenvalue weighted by Gasteiger charge is 2.44. The normalized spacial score (nSPS) is 16.2. The Morgan fingerprint density at radius 3 is 2.74 bits per heavy atom. The molecule has 1 aromatic heterocycles. The summed E-state index contributed by atoms with van der Waals surface area (Å²) in [5.41, 5.74) is 2.76. The van der Waals surface area contributed by atoms with E-state index in [0.29, 0.717) is 0 Å². The van der Waals surface area contributed by atoms with E-state index in [2.05, 4.69) is 40.0 Å². The SMILES string of the molecule is CN=C(NCc1ccn(C)c1)NCC1(c2cccc(Cl)c2)CC1. The Balaban J connectivity index is 1.56. The summed E-state index contributed by atoms with van der Waals surface area (Å²) in [6, 6.07) is 10.3. The number of nitrogens with one attached hydrogen (secondary N) is 2. The van der Waals surface area contributed by atoms with Gasteiger partial charge in [-0.3, -0.25) is 4.99 Å². The van der Waals surface area contributed by atoms with E-state index < -0.39 is 0 Å². The van der Waals surface area contributed by atoms with Crippen LogP contribution in [0, 0.1) is 0 Å². The number of rotatable bonds is 5. The molecule has 122 valence electrons. The monoisotopic (exact) mass is 330 g/mol. The molecule has 1 fully saturated rings. The van der Waals surface area contributed by atoms with Crippen molar-refractivity contribution < 1.29 is 0 Å². The first-order chi connectivity index (χ1) is 11.1. The minimum atomic E-state index is 0.204. The van der Waals surface area contributed by atoms with Crippen LogP contribution in [-0.4, -0.2) is 24.1 Å². The molecular weight excluding hydrogens is 308 g/mol. The number of halogens is 1. The maximum Gasteiger partial charge on any atom is 0.191 e. The van der Waals surface area contributed by atoms with Crippen LogP contribution < -0.4 is 10.6 Å². The van der Waals surface area contributed by atoms with E-state index in [1.54, 1.807) is 7.05 Å². The lowest BCUT2D eigenvalue weighted by Gasteiger charge is -2.19. The highest BCUT2D eigenvalue weighted by molar-refractivity contribution is 6.30. The van der Waals surface area contributed by atoms with Gasteiger partial charge in [-0.25, -0.2) is 0 Å². The van der Waals surface area contributed by atoms with E-state index in [1.807, 2.05) is 29.9 Å². The van der Waals surface area contributed by atoms with Crippen molar-refractivity contribution >= 4 is 17.6 Å². The lowest BCUT2D eigenvalue weighted by atomic mass is 9.96. The van der Waals surface area contributed by atoms with E-state index in [4.69, 9.17) is 11.6 Å². The molecule has 23 heavy (non-hydrogen) atoms. The second-order valence-corrected chi connectivity index (χ2v) is 6.69. The number of aryl methyl sites for hydroxylation is 1. The van der Waals surface area contributed by atoms with Gasteiger partial charge in [0.05, 0.1) is 0 Å². The molecule has 0 saturated heterocycles. The average Bonchev–Trinajstić information content (AvgIpc) is 3.23. The number of aromatic nitrogens is 1. The lowest BCUT2D eigenvalue weighted by molar-refractivity contribution is 0.645. The van der Waals surface area contributed by atoms with Crippen molar-refractivity contribution in [2.24, 2.45) is 12.0 Å². The van der Waals surface area contributed by atoms with Crippen molar-refractivity contribution in [1.82, 2.24) is 15.2 Å². The van der Waals surface area contributed by atoms with Gasteiger partial charge in [0, 0.05) is 50.0 Å². The smallest absolute Gasteiger partial charge is 0.191 e. The van der Waals surface area contributed by atoms with Crippen LogP contribution >= 0.6 is 11.6 Å². The van der Waals surface area contributed by atoms with Crippen LogP contribution in [0.5, 0.6) is 0 Å². The van der Waals surface area contributed by atoms with Gasteiger partial charge in [0.1, 0.15) is 0 Å². The summed E-state index contributed by atoms with van der Waals surface area (Å²) >= 11 is 6.13. The molecule has 1 aliphatic carbocycles.